The molecule has 0 aliphatic carbocycles. The van der Waals surface area contributed by atoms with E-state index in [0.717, 1.165) is 6.07 Å². The van der Waals surface area contributed by atoms with Gasteiger partial charge in [0.25, 0.3) is 0 Å². The first kappa shape index (κ1) is 22.3. The molecule has 1 rings (SSSR count). The molecule has 0 aliphatic heterocycles. The summed E-state index contributed by atoms with van der Waals surface area (Å²) >= 11 is 0. The summed E-state index contributed by atoms with van der Waals surface area (Å²) in [5.74, 6) is -4.95. The van der Waals surface area contributed by atoms with Gasteiger partial charge in [0, 0.05) is 5.56 Å². The summed E-state index contributed by atoms with van der Waals surface area (Å²) in [5.41, 5.74) is -2.91. The lowest BCUT2D eigenvalue weighted by Crippen LogP contribution is -2.42. The Kier molecular flexibility index (Phi) is 6.40. The van der Waals surface area contributed by atoms with Crippen molar-refractivity contribution in [1.82, 2.24) is 5.32 Å². The molecule has 0 saturated heterocycles. The molecule has 148 valence electrons. The largest absolute Gasteiger partial charge is 0.444 e. The zero-order valence-electron chi connectivity index (χ0n) is 16.3. The summed E-state index contributed by atoms with van der Waals surface area (Å²) < 4.78 is 49.1. The lowest BCUT2D eigenvalue weighted by atomic mass is 9.82. The van der Waals surface area contributed by atoms with Gasteiger partial charge in [-0.1, -0.05) is 32.9 Å². The van der Waals surface area contributed by atoms with Gasteiger partial charge in [0.1, 0.15) is 17.5 Å². The van der Waals surface area contributed by atoms with Crippen LogP contribution < -0.4 is 5.32 Å². The van der Waals surface area contributed by atoms with E-state index in [-0.39, 0.29) is 5.56 Å². The van der Waals surface area contributed by atoms with Gasteiger partial charge in [-0.15, -0.1) is 0 Å². The summed E-state index contributed by atoms with van der Waals surface area (Å²) in [6.45, 7) is 10.8. The highest BCUT2D eigenvalue weighted by atomic mass is 19.3. The average molecular weight is 375 g/mol. The van der Waals surface area contributed by atoms with E-state index in [9.17, 15) is 23.1 Å². The summed E-state index contributed by atoms with van der Waals surface area (Å²) in [6.07, 6.45) is -2.86. The fourth-order valence-corrected chi connectivity index (χ4v) is 2.39. The van der Waals surface area contributed by atoms with Crippen LogP contribution in [0.25, 0.3) is 0 Å². The topological polar surface area (TPSA) is 58.6 Å². The van der Waals surface area contributed by atoms with Crippen LogP contribution >= 0.6 is 0 Å². The van der Waals surface area contributed by atoms with Gasteiger partial charge in [0.2, 0.25) is 0 Å². The monoisotopic (exact) mass is 375 g/mol. The highest BCUT2D eigenvalue weighted by Gasteiger charge is 2.48. The molecule has 0 aliphatic rings. The molecule has 1 aromatic rings. The van der Waals surface area contributed by atoms with E-state index in [0.29, 0.717) is 0 Å². The number of ether oxygens (including phenoxy) is 1. The number of carbonyl (C=O) groups is 1. The van der Waals surface area contributed by atoms with Crippen LogP contribution in [-0.2, 0) is 10.7 Å². The summed E-state index contributed by atoms with van der Waals surface area (Å²) in [7, 11) is 0. The maximum absolute atomic E-state index is 14.8. The molecule has 0 radical (unpaired) electrons. The van der Waals surface area contributed by atoms with Crippen molar-refractivity contribution in [3.05, 3.63) is 35.1 Å². The minimum absolute atomic E-state index is 0.117. The van der Waals surface area contributed by atoms with E-state index in [4.69, 9.17) is 4.74 Å². The van der Waals surface area contributed by atoms with Gasteiger partial charge in [-0.3, -0.25) is 0 Å². The van der Waals surface area contributed by atoms with Crippen LogP contribution in [0.3, 0.4) is 0 Å². The van der Waals surface area contributed by atoms with Gasteiger partial charge in [0.15, 0.2) is 0 Å². The lowest BCUT2D eigenvalue weighted by Gasteiger charge is -2.33. The number of hydrogen-bond acceptors (Lipinski definition) is 3. The van der Waals surface area contributed by atoms with Crippen molar-refractivity contribution in [1.29, 1.82) is 0 Å². The molecule has 0 spiro atoms. The van der Waals surface area contributed by atoms with Crippen molar-refractivity contribution in [2.45, 2.75) is 72.1 Å². The Bertz CT molecular complexity index is 648. The van der Waals surface area contributed by atoms with E-state index in [1.807, 2.05) is 0 Å². The molecular weight excluding hydrogens is 347 g/mol. The molecule has 26 heavy (non-hydrogen) atoms. The predicted molar refractivity (Wildman–Crippen MR) is 93.5 cm³/mol. The molecule has 0 heterocycles. The zero-order valence-corrected chi connectivity index (χ0v) is 16.3. The van der Waals surface area contributed by atoms with E-state index >= 15 is 0 Å². The third-order valence-electron chi connectivity index (χ3n) is 3.75. The van der Waals surface area contributed by atoms with Gasteiger partial charge in [-0.2, -0.15) is 8.78 Å². The number of halogens is 3. The minimum Gasteiger partial charge on any atom is -0.444 e. The van der Waals surface area contributed by atoms with Gasteiger partial charge < -0.3 is 15.2 Å². The van der Waals surface area contributed by atoms with Crippen LogP contribution in [-0.4, -0.2) is 22.9 Å². The average Bonchev–Trinajstić information content (AvgIpc) is 2.43. The number of aliphatic hydroxyl groups is 1. The number of nitrogens with one attached hydrogen (secondary N) is 1. The highest BCUT2D eigenvalue weighted by molar-refractivity contribution is 5.68. The molecule has 2 N–H and O–H groups in total. The molecule has 0 fully saturated rings. The Hall–Kier alpha value is -1.76. The fraction of sp³-hybridized carbons (Fsp3) is 0.632. The first-order chi connectivity index (χ1) is 11.6. The molecule has 0 bridgehead atoms. The van der Waals surface area contributed by atoms with Gasteiger partial charge in [0.05, 0.1) is 11.6 Å². The number of alkyl carbamates (subject to hydrolysis) is 1. The zero-order chi connectivity index (χ0) is 20.5. The summed E-state index contributed by atoms with van der Waals surface area (Å²) in [4.78, 5) is 11.8. The Balaban J connectivity index is 3.15. The van der Waals surface area contributed by atoms with Gasteiger partial charge in [-0.05, 0) is 39.2 Å². The second-order valence-electron chi connectivity index (χ2n) is 8.47. The lowest BCUT2D eigenvalue weighted by molar-refractivity contribution is -0.157. The van der Waals surface area contributed by atoms with E-state index in [1.165, 1.54) is 39.8 Å². The molecule has 0 saturated carbocycles. The summed E-state index contributed by atoms with van der Waals surface area (Å²) in [5, 5.41) is 12.4. The molecule has 1 amide bonds. The Morgan fingerprint density at radius 3 is 2.15 bits per heavy atom. The maximum atomic E-state index is 14.8. The third-order valence-corrected chi connectivity index (χ3v) is 3.75. The van der Waals surface area contributed by atoms with Gasteiger partial charge >= 0.3 is 12.0 Å². The molecule has 1 aromatic carbocycles. The second kappa shape index (κ2) is 7.47. The standard InChI is InChI=1S/C19H28F3NO3/c1-11(23-16(25)26-18(5,6)7)12-9-8-10-13(14(12)20)19(21,22)15(24)17(2,3)4/h8-11,15,24H,1-7H3,(H,23,25)/t11-,15-/m1/s1. The van der Waals surface area contributed by atoms with Crippen molar-refractivity contribution < 1.29 is 27.8 Å². The van der Waals surface area contributed by atoms with Crippen LogP contribution in [0.5, 0.6) is 0 Å². The number of rotatable bonds is 4. The molecule has 7 heteroatoms. The predicted octanol–water partition coefficient (Wildman–Crippen LogP) is 4.91. The normalized spacial score (nSPS) is 15.3. The first-order valence-electron chi connectivity index (χ1n) is 8.41. The molecule has 0 unspecified atom stereocenters. The smallest absolute Gasteiger partial charge is 0.408 e. The number of benzene rings is 1. The molecule has 0 aromatic heterocycles. The number of amides is 1. The number of alkyl halides is 2. The third kappa shape index (κ3) is 5.37. The first-order valence-corrected chi connectivity index (χ1v) is 8.41. The van der Waals surface area contributed by atoms with Crippen LogP contribution in [0.4, 0.5) is 18.0 Å². The molecular formula is C19H28F3NO3. The van der Waals surface area contributed by atoms with Crippen molar-refractivity contribution in [3.63, 3.8) is 0 Å². The van der Waals surface area contributed by atoms with Crippen LogP contribution in [0.15, 0.2) is 18.2 Å². The Labute approximate surface area is 152 Å². The van der Waals surface area contributed by atoms with Crippen molar-refractivity contribution in [3.8, 4) is 0 Å². The minimum atomic E-state index is -3.79. The Morgan fingerprint density at radius 2 is 1.69 bits per heavy atom. The van der Waals surface area contributed by atoms with E-state index in [1.54, 1.807) is 20.8 Å². The summed E-state index contributed by atoms with van der Waals surface area (Å²) in [6, 6.07) is 2.62. The molecule has 2 atom stereocenters. The van der Waals surface area contributed by atoms with Crippen molar-refractivity contribution >= 4 is 6.09 Å². The SMILES string of the molecule is C[C@@H](NC(=O)OC(C)(C)C)c1cccc(C(F)(F)[C@H](O)C(C)(C)C)c1F. The number of carbonyl (C=O) groups excluding carboxylic acids is 1. The van der Waals surface area contributed by atoms with E-state index < -0.39 is 46.6 Å². The van der Waals surface area contributed by atoms with E-state index in [2.05, 4.69) is 5.32 Å². The van der Waals surface area contributed by atoms with Crippen LogP contribution in [0, 0.1) is 11.2 Å². The highest BCUT2D eigenvalue weighted by Crippen LogP contribution is 2.41. The quantitative estimate of drug-likeness (QED) is 0.786. The number of hydrogen-bond donors (Lipinski definition) is 2. The van der Waals surface area contributed by atoms with Gasteiger partial charge in [-0.25, -0.2) is 9.18 Å². The fourth-order valence-electron chi connectivity index (χ4n) is 2.39. The van der Waals surface area contributed by atoms with Crippen molar-refractivity contribution in [2.24, 2.45) is 5.41 Å². The van der Waals surface area contributed by atoms with Crippen molar-refractivity contribution in [2.75, 3.05) is 0 Å². The maximum Gasteiger partial charge on any atom is 0.408 e. The van der Waals surface area contributed by atoms with Crippen LogP contribution in [0.2, 0.25) is 0 Å². The molecule has 4 nitrogen and oxygen atoms in total. The number of aliphatic hydroxyl groups excluding tert-OH is 1. The second-order valence-corrected chi connectivity index (χ2v) is 8.47. The van der Waals surface area contributed by atoms with Crippen LogP contribution in [0.1, 0.15) is 65.6 Å². The Morgan fingerprint density at radius 1 is 1.15 bits per heavy atom.